The van der Waals surface area contributed by atoms with Crippen LogP contribution in [0, 0.1) is 0 Å². The summed E-state index contributed by atoms with van der Waals surface area (Å²) < 4.78 is 11.6. The Morgan fingerprint density at radius 2 is 1.46 bits per heavy atom. The van der Waals surface area contributed by atoms with Crippen molar-refractivity contribution in [3.63, 3.8) is 0 Å². The number of carbonyl (C=O) groups excluding carboxylic acids is 1. The van der Waals surface area contributed by atoms with Gasteiger partial charge in [0.15, 0.2) is 11.5 Å². The van der Waals surface area contributed by atoms with E-state index in [1.54, 1.807) is 7.11 Å². The van der Waals surface area contributed by atoms with Crippen LogP contribution in [0.1, 0.15) is 102 Å². The van der Waals surface area contributed by atoms with Crippen LogP contribution in [0.2, 0.25) is 0 Å². The van der Waals surface area contributed by atoms with Crippen LogP contribution < -0.4 is 14.8 Å². The first-order valence-corrected chi connectivity index (χ1v) is 16.3. The molecule has 0 aromatic heterocycles. The molecular formula is C34H51BrN2O3S. The van der Waals surface area contributed by atoms with Gasteiger partial charge in [-0.3, -0.25) is 4.79 Å². The molecule has 0 bridgehead atoms. The van der Waals surface area contributed by atoms with Gasteiger partial charge in [0.05, 0.1) is 26.0 Å². The zero-order valence-corrected chi connectivity index (χ0v) is 28.0. The Kier molecular flexibility index (Phi) is 17.7. The molecule has 0 saturated carbocycles. The van der Waals surface area contributed by atoms with Gasteiger partial charge in [-0.15, -0.1) is 28.7 Å². The maximum Gasteiger partial charge on any atom is 0.228 e. The Morgan fingerprint density at radius 1 is 0.854 bits per heavy atom. The molecule has 2 aromatic carbocycles. The number of hydrogen-bond acceptors (Lipinski definition) is 5. The van der Waals surface area contributed by atoms with Crippen LogP contribution in [-0.2, 0) is 17.8 Å². The highest BCUT2D eigenvalue weighted by molar-refractivity contribution is 8.93. The molecule has 228 valence electrons. The van der Waals surface area contributed by atoms with E-state index in [0.29, 0.717) is 12.4 Å². The lowest BCUT2D eigenvalue weighted by molar-refractivity contribution is -0.115. The predicted octanol–water partition coefficient (Wildman–Crippen LogP) is 9.90. The number of unbranched alkanes of at least 4 members (excludes halogenated alkanes) is 11. The van der Waals surface area contributed by atoms with Crippen molar-refractivity contribution in [3.8, 4) is 11.5 Å². The van der Waals surface area contributed by atoms with Crippen LogP contribution in [0.15, 0.2) is 53.6 Å². The summed E-state index contributed by atoms with van der Waals surface area (Å²) in [6, 6.07) is 13.9. The minimum Gasteiger partial charge on any atom is -0.493 e. The average Bonchev–Trinajstić information content (AvgIpc) is 3.37. The first-order chi connectivity index (χ1) is 19.6. The number of allylic oxidation sites excluding steroid dienone is 1. The van der Waals surface area contributed by atoms with Crippen LogP contribution in [0.4, 0.5) is 5.69 Å². The molecule has 5 nitrogen and oxygen atoms in total. The van der Waals surface area contributed by atoms with Crippen LogP contribution in [0.5, 0.6) is 11.5 Å². The third-order valence-corrected chi connectivity index (χ3v) is 8.32. The summed E-state index contributed by atoms with van der Waals surface area (Å²) in [6.07, 6.45) is 18.4. The summed E-state index contributed by atoms with van der Waals surface area (Å²) in [5, 5.41) is 3.01. The second-order valence-electron chi connectivity index (χ2n) is 10.9. The van der Waals surface area contributed by atoms with Gasteiger partial charge in [-0.2, -0.15) is 0 Å². The average molecular weight is 648 g/mol. The highest BCUT2D eigenvalue weighted by Crippen LogP contribution is 2.29. The van der Waals surface area contributed by atoms with E-state index in [9.17, 15) is 4.79 Å². The Morgan fingerprint density at radius 3 is 2.05 bits per heavy atom. The van der Waals surface area contributed by atoms with Crippen molar-refractivity contribution in [2.45, 2.75) is 104 Å². The number of nitrogens with one attached hydrogen (secondary N) is 1. The third-order valence-electron chi connectivity index (χ3n) is 7.29. The largest absolute Gasteiger partial charge is 0.493 e. The van der Waals surface area contributed by atoms with Crippen molar-refractivity contribution in [1.82, 2.24) is 4.90 Å². The van der Waals surface area contributed by atoms with Gasteiger partial charge in [0, 0.05) is 18.4 Å². The standard InChI is InChI=1S/C34H50N2O3S.BrH/c1-4-5-6-7-8-9-10-11-12-13-14-15-22-39-32-21-18-30(23-33(32)38-3)24-34(37)35-31-19-16-29(17-20-31)26-36-25-28(2)40-27-36;/h16-21,23,25H,4-15,22,24,26-27H2,1-3H3,(H,35,37);1H. The number of hydrogen-bond donors (Lipinski definition) is 1. The molecule has 7 heteroatoms. The fraction of sp³-hybridized carbons (Fsp3) is 0.559. The first-order valence-electron chi connectivity index (χ1n) is 15.3. The molecule has 41 heavy (non-hydrogen) atoms. The Labute approximate surface area is 263 Å². The van der Waals surface area contributed by atoms with Gasteiger partial charge in [0.25, 0.3) is 0 Å². The van der Waals surface area contributed by atoms with E-state index in [4.69, 9.17) is 9.47 Å². The lowest BCUT2D eigenvalue weighted by Gasteiger charge is -2.15. The topological polar surface area (TPSA) is 50.8 Å². The fourth-order valence-corrected chi connectivity index (χ4v) is 5.75. The molecule has 0 atom stereocenters. The SMILES string of the molecule is Br.CCCCCCCCCCCCCCOc1ccc(CC(=O)Nc2ccc(CN3C=C(C)SC3)cc2)cc1OC. The smallest absolute Gasteiger partial charge is 0.228 e. The van der Waals surface area contributed by atoms with E-state index in [0.717, 1.165) is 35.8 Å². The lowest BCUT2D eigenvalue weighted by Crippen LogP contribution is -2.15. The minimum atomic E-state index is -0.0468. The maximum absolute atomic E-state index is 12.7. The van der Waals surface area contributed by atoms with Crippen molar-refractivity contribution in [1.29, 1.82) is 0 Å². The van der Waals surface area contributed by atoms with Crippen molar-refractivity contribution >= 4 is 40.3 Å². The lowest BCUT2D eigenvalue weighted by atomic mass is 10.1. The van der Waals surface area contributed by atoms with E-state index in [2.05, 4.69) is 42.4 Å². The Hall–Kier alpha value is -2.12. The third kappa shape index (κ3) is 14.1. The zero-order chi connectivity index (χ0) is 28.4. The van der Waals surface area contributed by atoms with Gasteiger partial charge in [0.1, 0.15) is 0 Å². The number of methoxy groups -OCH3 is 1. The van der Waals surface area contributed by atoms with E-state index in [-0.39, 0.29) is 29.3 Å². The fourth-order valence-electron chi connectivity index (χ4n) is 4.99. The number of rotatable bonds is 20. The maximum atomic E-state index is 12.7. The van der Waals surface area contributed by atoms with Gasteiger partial charge in [-0.05, 0) is 53.6 Å². The second-order valence-corrected chi connectivity index (χ2v) is 12.1. The van der Waals surface area contributed by atoms with Crippen molar-refractivity contribution in [2.75, 3.05) is 24.9 Å². The van der Waals surface area contributed by atoms with Crippen LogP contribution in [0.25, 0.3) is 0 Å². The van der Waals surface area contributed by atoms with Gasteiger partial charge < -0.3 is 19.7 Å². The molecule has 0 saturated heterocycles. The quantitative estimate of drug-likeness (QED) is 0.145. The van der Waals surface area contributed by atoms with Gasteiger partial charge in [-0.25, -0.2) is 0 Å². The number of nitrogens with zero attached hydrogens (tertiary/aromatic N) is 1. The molecule has 1 N–H and O–H groups in total. The molecule has 3 rings (SSSR count). The molecule has 1 amide bonds. The summed E-state index contributed by atoms with van der Waals surface area (Å²) in [5.41, 5.74) is 2.94. The molecule has 2 aromatic rings. The van der Waals surface area contributed by atoms with E-state index < -0.39 is 0 Å². The second kappa shape index (κ2) is 20.7. The summed E-state index contributed by atoms with van der Waals surface area (Å²) in [7, 11) is 1.65. The summed E-state index contributed by atoms with van der Waals surface area (Å²) in [4.78, 5) is 16.3. The molecule has 0 fully saturated rings. The molecule has 1 heterocycles. The highest BCUT2D eigenvalue weighted by Gasteiger charge is 2.12. The van der Waals surface area contributed by atoms with Crippen LogP contribution >= 0.6 is 28.7 Å². The molecule has 0 aliphatic carbocycles. The highest BCUT2D eigenvalue weighted by atomic mass is 79.9. The zero-order valence-electron chi connectivity index (χ0n) is 25.4. The van der Waals surface area contributed by atoms with Gasteiger partial charge in [-0.1, -0.05) is 95.8 Å². The number of halogens is 1. The number of carbonyl (C=O) groups is 1. The monoisotopic (exact) mass is 646 g/mol. The van der Waals surface area contributed by atoms with Crippen LogP contribution in [0.3, 0.4) is 0 Å². The van der Waals surface area contributed by atoms with E-state index >= 15 is 0 Å². The normalized spacial score (nSPS) is 12.6. The molecule has 1 aliphatic heterocycles. The predicted molar refractivity (Wildman–Crippen MR) is 180 cm³/mol. The van der Waals surface area contributed by atoms with Crippen LogP contribution in [-0.4, -0.2) is 30.4 Å². The van der Waals surface area contributed by atoms with Gasteiger partial charge >= 0.3 is 0 Å². The molecule has 0 unspecified atom stereocenters. The summed E-state index contributed by atoms with van der Waals surface area (Å²) in [6.45, 7) is 5.98. The number of thioether (sulfide) groups is 1. The molecule has 0 radical (unpaired) electrons. The Balaban J connectivity index is 0.00000588. The number of benzene rings is 2. The Bertz CT molecular complexity index is 1040. The number of anilines is 1. The van der Waals surface area contributed by atoms with E-state index in [1.807, 2.05) is 42.1 Å². The number of amides is 1. The minimum absolute atomic E-state index is 0. The van der Waals surface area contributed by atoms with E-state index in [1.165, 1.54) is 81.1 Å². The summed E-state index contributed by atoms with van der Waals surface area (Å²) >= 11 is 1.86. The first kappa shape index (κ1) is 35.1. The molecule has 0 spiro atoms. The van der Waals surface area contributed by atoms with Crippen molar-refractivity contribution in [3.05, 3.63) is 64.7 Å². The summed E-state index contributed by atoms with van der Waals surface area (Å²) in [5.74, 6) is 2.37. The number of ether oxygens (including phenoxy) is 2. The van der Waals surface area contributed by atoms with Crippen molar-refractivity contribution in [2.24, 2.45) is 0 Å². The molecular weight excluding hydrogens is 596 g/mol. The van der Waals surface area contributed by atoms with Crippen molar-refractivity contribution < 1.29 is 14.3 Å². The van der Waals surface area contributed by atoms with Gasteiger partial charge in [0.2, 0.25) is 5.91 Å². The molecule has 1 aliphatic rings.